The molecule has 0 aromatic heterocycles. The maximum atomic E-state index is 3.91. The molecule has 0 radical (unpaired) electrons. The highest BCUT2D eigenvalue weighted by atomic mass is 15.3. The van der Waals surface area contributed by atoms with Crippen LogP contribution in [0.2, 0.25) is 0 Å². The SMILES string of the molecule is CCCC(C)CN1CC(C2CC2)NCC12CCCC2. The van der Waals surface area contributed by atoms with Gasteiger partial charge >= 0.3 is 0 Å². The third kappa shape index (κ3) is 3.00. The van der Waals surface area contributed by atoms with Crippen LogP contribution in [-0.4, -0.2) is 36.1 Å². The Morgan fingerprint density at radius 1 is 1.26 bits per heavy atom. The molecule has 2 unspecified atom stereocenters. The van der Waals surface area contributed by atoms with Crippen molar-refractivity contribution in [1.82, 2.24) is 10.2 Å². The van der Waals surface area contributed by atoms with Crippen LogP contribution < -0.4 is 5.32 Å². The number of hydrogen-bond donors (Lipinski definition) is 1. The van der Waals surface area contributed by atoms with Crippen molar-refractivity contribution in [2.24, 2.45) is 11.8 Å². The zero-order valence-corrected chi connectivity index (χ0v) is 13.0. The van der Waals surface area contributed by atoms with Crippen molar-refractivity contribution in [3.05, 3.63) is 0 Å². The quantitative estimate of drug-likeness (QED) is 0.818. The van der Waals surface area contributed by atoms with Crippen molar-refractivity contribution in [3.8, 4) is 0 Å². The molecule has 1 aliphatic heterocycles. The first-order valence-electron chi connectivity index (χ1n) is 8.72. The molecule has 2 saturated carbocycles. The van der Waals surface area contributed by atoms with Gasteiger partial charge in [0.05, 0.1) is 0 Å². The Morgan fingerprint density at radius 2 is 2.00 bits per heavy atom. The van der Waals surface area contributed by atoms with E-state index in [1.54, 1.807) is 0 Å². The second kappa shape index (κ2) is 5.73. The molecule has 1 heterocycles. The molecule has 1 spiro atoms. The van der Waals surface area contributed by atoms with Gasteiger partial charge in [-0.3, -0.25) is 4.90 Å². The summed E-state index contributed by atoms with van der Waals surface area (Å²) in [5, 5.41) is 3.91. The van der Waals surface area contributed by atoms with E-state index in [-0.39, 0.29) is 0 Å². The third-order valence-electron chi connectivity index (χ3n) is 5.82. The Balaban J connectivity index is 1.65. The van der Waals surface area contributed by atoms with Gasteiger partial charge in [0.15, 0.2) is 0 Å². The van der Waals surface area contributed by atoms with E-state index in [1.807, 2.05) is 0 Å². The molecular formula is C17H32N2. The summed E-state index contributed by atoms with van der Waals surface area (Å²) in [4.78, 5) is 2.92. The van der Waals surface area contributed by atoms with Gasteiger partial charge in [0.25, 0.3) is 0 Å². The molecule has 3 aliphatic rings. The van der Waals surface area contributed by atoms with E-state index in [0.29, 0.717) is 5.54 Å². The lowest BCUT2D eigenvalue weighted by Crippen LogP contribution is -2.64. The molecule has 1 saturated heterocycles. The van der Waals surface area contributed by atoms with E-state index in [1.165, 1.54) is 71.0 Å². The standard InChI is InChI=1S/C17H32N2/c1-3-6-14(2)11-19-12-16(15-7-8-15)18-13-17(19)9-4-5-10-17/h14-16,18H,3-13H2,1-2H3. The van der Waals surface area contributed by atoms with Gasteiger partial charge in [0.2, 0.25) is 0 Å². The first kappa shape index (κ1) is 13.9. The molecule has 0 amide bonds. The van der Waals surface area contributed by atoms with Gasteiger partial charge in [-0.25, -0.2) is 0 Å². The molecule has 0 aromatic rings. The molecule has 19 heavy (non-hydrogen) atoms. The molecule has 0 bridgehead atoms. The first-order valence-corrected chi connectivity index (χ1v) is 8.72. The van der Waals surface area contributed by atoms with Crippen molar-refractivity contribution in [1.29, 1.82) is 0 Å². The van der Waals surface area contributed by atoms with Crippen LogP contribution >= 0.6 is 0 Å². The van der Waals surface area contributed by atoms with Crippen LogP contribution in [0.5, 0.6) is 0 Å². The number of nitrogens with one attached hydrogen (secondary N) is 1. The summed E-state index contributed by atoms with van der Waals surface area (Å²) in [5.74, 6) is 1.88. The first-order chi connectivity index (χ1) is 9.23. The van der Waals surface area contributed by atoms with Gasteiger partial charge in [-0.15, -0.1) is 0 Å². The van der Waals surface area contributed by atoms with E-state index >= 15 is 0 Å². The van der Waals surface area contributed by atoms with Gasteiger partial charge in [-0.2, -0.15) is 0 Å². The fourth-order valence-electron chi connectivity index (χ4n) is 4.50. The minimum absolute atomic E-state index is 0.535. The summed E-state index contributed by atoms with van der Waals surface area (Å²) in [6.07, 6.45) is 11.5. The van der Waals surface area contributed by atoms with E-state index in [2.05, 4.69) is 24.1 Å². The van der Waals surface area contributed by atoms with Crippen LogP contribution in [-0.2, 0) is 0 Å². The van der Waals surface area contributed by atoms with Crippen LogP contribution in [0.3, 0.4) is 0 Å². The number of nitrogens with zero attached hydrogens (tertiary/aromatic N) is 1. The van der Waals surface area contributed by atoms with Crippen molar-refractivity contribution in [2.45, 2.75) is 76.8 Å². The van der Waals surface area contributed by atoms with Gasteiger partial charge in [-0.1, -0.05) is 33.1 Å². The average Bonchev–Trinajstić information content (AvgIpc) is 3.13. The highest BCUT2D eigenvalue weighted by Gasteiger charge is 2.46. The Hall–Kier alpha value is -0.0800. The summed E-state index contributed by atoms with van der Waals surface area (Å²) in [6.45, 7) is 8.73. The van der Waals surface area contributed by atoms with Gasteiger partial charge in [0, 0.05) is 31.2 Å². The lowest BCUT2D eigenvalue weighted by Gasteiger charge is -2.49. The molecule has 3 rings (SSSR count). The maximum Gasteiger partial charge on any atom is 0.0334 e. The smallest absolute Gasteiger partial charge is 0.0334 e. The number of rotatable bonds is 5. The summed E-state index contributed by atoms with van der Waals surface area (Å²) in [7, 11) is 0. The van der Waals surface area contributed by atoms with Gasteiger partial charge in [0.1, 0.15) is 0 Å². The third-order valence-corrected chi connectivity index (χ3v) is 5.82. The average molecular weight is 264 g/mol. The van der Waals surface area contributed by atoms with E-state index < -0.39 is 0 Å². The summed E-state index contributed by atoms with van der Waals surface area (Å²) in [5.41, 5.74) is 0.535. The fraction of sp³-hybridized carbons (Fsp3) is 1.00. The molecule has 3 fully saturated rings. The Bertz CT molecular complexity index is 292. The zero-order valence-electron chi connectivity index (χ0n) is 13.0. The lowest BCUT2D eigenvalue weighted by molar-refractivity contribution is 0.0258. The summed E-state index contributed by atoms with van der Waals surface area (Å²) < 4.78 is 0. The zero-order chi connectivity index (χ0) is 13.3. The van der Waals surface area contributed by atoms with Crippen LogP contribution in [0.1, 0.15) is 65.2 Å². The normalized spacial score (nSPS) is 32.8. The minimum Gasteiger partial charge on any atom is -0.311 e. The second-order valence-corrected chi connectivity index (χ2v) is 7.56. The van der Waals surface area contributed by atoms with Crippen LogP contribution in [0.4, 0.5) is 0 Å². The van der Waals surface area contributed by atoms with Gasteiger partial charge in [-0.05, 0) is 43.9 Å². The lowest BCUT2D eigenvalue weighted by atomic mass is 9.88. The Labute approximate surface area is 119 Å². The Kier molecular flexibility index (Phi) is 4.19. The molecule has 2 atom stereocenters. The van der Waals surface area contributed by atoms with Crippen molar-refractivity contribution in [2.75, 3.05) is 19.6 Å². The molecular weight excluding hydrogens is 232 g/mol. The van der Waals surface area contributed by atoms with Gasteiger partial charge < -0.3 is 5.32 Å². The highest BCUT2D eigenvalue weighted by Crippen LogP contribution is 2.41. The highest BCUT2D eigenvalue weighted by molar-refractivity contribution is 5.04. The fourth-order valence-corrected chi connectivity index (χ4v) is 4.50. The van der Waals surface area contributed by atoms with E-state index in [4.69, 9.17) is 0 Å². The molecule has 1 N–H and O–H groups in total. The minimum atomic E-state index is 0.535. The second-order valence-electron chi connectivity index (χ2n) is 7.56. The number of piperazine rings is 1. The molecule has 0 aromatic carbocycles. The van der Waals surface area contributed by atoms with Crippen molar-refractivity contribution >= 4 is 0 Å². The predicted octanol–water partition coefficient (Wildman–Crippen LogP) is 3.42. The number of hydrogen-bond acceptors (Lipinski definition) is 2. The topological polar surface area (TPSA) is 15.3 Å². The molecule has 110 valence electrons. The molecule has 2 nitrogen and oxygen atoms in total. The monoisotopic (exact) mass is 264 g/mol. The Morgan fingerprint density at radius 3 is 2.63 bits per heavy atom. The van der Waals surface area contributed by atoms with Crippen LogP contribution in [0.25, 0.3) is 0 Å². The summed E-state index contributed by atoms with van der Waals surface area (Å²) >= 11 is 0. The van der Waals surface area contributed by atoms with Crippen LogP contribution in [0.15, 0.2) is 0 Å². The predicted molar refractivity (Wildman–Crippen MR) is 81.4 cm³/mol. The van der Waals surface area contributed by atoms with Crippen LogP contribution in [0, 0.1) is 11.8 Å². The van der Waals surface area contributed by atoms with E-state index in [0.717, 1.165) is 17.9 Å². The van der Waals surface area contributed by atoms with Crippen molar-refractivity contribution < 1.29 is 0 Å². The molecule has 2 heteroatoms. The molecule has 2 aliphatic carbocycles. The van der Waals surface area contributed by atoms with E-state index in [9.17, 15) is 0 Å². The van der Waals surface area contributed by atoms with Crippen molar-refractivity contribution in [3.63, 3.8) is 0 Å². The summed E-state index contributed by atoms with van der Waals surface area (Å²) in [6, 6.07) is 0.806. The maximum absolute atomic E-state index is 3.91. The largest absolute Gasteiger partial charge is 0.311 e.